The molecule has 0 unspecified atom stereocenters. The van der Waals surface area contributed by atoms with Crippen molar-refractivity contribution in [3.63, 3.8) is 0 Å². The molecule has 0 saturated carbocycles. The van der Waals surface area contributed by atoms with E-state index in [4.69, 9.17) is 16.3 Å². The molecule has 2 rings (SSSR count). The zero-order valence-electron chi connectivity index (χ0n) is 9.98. The number of hydrogen-bond donors (Lipinski definition) is 0. The highest BCUT2D eigenvalue weighted by molar-refractivity contribution is 6.17. The van der Waals surface area contributed by atoms with Crippen molar-refractivity contribution in [2.24, 2.45) is 0 Å². The first-order valence-corrected chi connectivity index (χ1v) is 6.13. The second-order valence-electron chi connectivity index (χ2n) is 3.70. The number of halogens is 1. The van der Waals surface area contributed by atoms with Crippen molar-refractivity contribution in [3.05, 3.63) is 41.7 Å². The van der Waals surface area contributed by atoms with E-state index >= 15 is 0 Å². The van der Waals surface area contributed by atoms with Gasteiger partial charge in [-0.25, -0.2) is 4.68 Å². The molecule has 0 spiro atoms. The van der Waals surface area contributed by atoms with E-state index in [-0.39, 0.29) is 0 Å². The lowest BCUT2D eigenvalue weighted by molar-refractivity contribution is 0.338. The summed E-state index contributed by atoms with van der Waals surface area (Å²) >= 11 is 5.85. The van der Waals surface area contributed by atoms with Crippen LogP contribution < -0.4 is 4.74 Å². The van der Waals surface area contributed by atoms with Crippen molar-refractivity contribution < 1.29 is 4.74 Å². The van der Waals surface area contributed by atoms with E-state index in [1.165, 1.54) is 0 Å². The molecule has 0 bridgehead atoms. The monoisotopic (exact) mass is 250 g/mol. The molecule has 0 N–H and O–H groups in total. The summed E-state index contributed by atoms with van der Waals surface area (Å²) in [4.78, 5) is 0. The zero-order valence-corrected chi connectivity index (χ0v) is 10.7. The maximum atomic E-state index is 5.85. The van der Waals surface area contributed by atoms with Gasteiger partial charge < -0.3 is 4.74 Å². The van der Waals surface area contributed by atoms with Crippen LogP contribution in [0, 0.1) is 6.92 Å². The van der Waals surface area contributed by atoms with Crippen LogP contribution in [0.1, 0.15) is 18.2 Å². The predicted molar refractivity (Wildman–Crippen MR) is 69.0 cm³/mol. The molecule has 0 aliphatic carbocycles. The Morgan fingerprint density at radius 3 is 2.76 bits per heavy atom. The van der Waals surface area contributed by atoms with E-state index in [1.807, 2.05) is 42.8 Å². The van der Waals surface area contributed by atoms with Crippen LogP contribution >= 0.6 is 11.6 Å². The Balaban J connectivity index is 2.48. The molecule has 4 heteroatoms. The molecule has 17 heavy (non-hydrogen) atoms. The maximum Gasteiger partial charge on any atom is 0.144 e. The van der Waals surface area contributed by atoms with Gasteiger partial charge in [0.1, 0.15) is 11.4 Å². The Bertz CT molecular complexity index is 508. The fourth-order valence-electron chi connectivity index (χ4n) is 1.73. The summed E-state index contributed by atoms with van der Waals surface area (Å²) in [5.41, 5.74) is 3.04. The van der Waals surface area contributed by atoms with Gasteiger partial charge in [-0.1, -0.05) is 12.1 Å². The summed E-state index contributed by atoms with van der Waals surface area (Å²) in [6, 6.07) is 7.86. The topological polar surface area (TPSA) is 27.1 Å². The van der Waals surface area contributed by atoms with E-state index in [1.54, 1.807) is 6.20 Å². The van der Waals surface area contributed by atoms with Gasteiger partial charge in [-0.15, -0.1) is 11.6 Å². The molecule has 2 aromatic rings. The summed E-state index contributed by atoms with van der Waals surface area (Å²) in [5, 5.41) is 4.35. The highest BCUT2D eigenvalue weighted by atomic mass is 35.5. The van der Waals surface area contributed by atoms with Crippen LogP contribution in [0.5, 0.6) is 5.75 Å². The lowest BCUT2D eigenvalue weighted by Crippen LogP contribution is -2.03. The minimum atomic E-state index is 0.475. The van der Waals surface area contributed by atoms with Gasteiger partial charge in [0.25, 0.3) is 0 Å². The van der Waals surface area contributed by atoms with Crippen LogP contribution in [-0.4, -0.2) is 16.4 Å². The van der Waals surface area contributed by atoms with Crippen LogP contribution in [0.25, 0.3) is 5.69 Å². The Kier molecular flexibility index (Phi) is 3.69. The molecule has 0 radical (unpaired) electrons. The number of benzene rings is 1. The first-order chi connectivity index (χ1) is 8.27. The van der Waals surface area contributed by atoms with Gasteiger partial charge in [0.15, 0.2) is 0 Å². The summed E-state index contributed by atoms with van der Waals surface area (Å²) in [5.74, 6) is 1.31. The minimum absolute atomic E-state index is 0.475. The summed E-state index contributed by atoms with van der Waals surface area (Å²) in [6.07, 6.45) is 1.80. The molecule has 0 amide bonds. The Labute approximate surface area is 106 Å². The molecule has 90 valence electrons. The Hall–Kier alpha value is -1.48. The quantitative estimate of drug-likeness (QED) is 0.779. The number of rotatable bonds is 4. The first kappa shape index (κ1) is 12.0. The van der Waals surface area contributed by atoms with Crippen LogP contribution in [-0.2, 0) is 5.88 Å². The van der Waals surface area contributed by atoms with Gasteiger partial charge >= 0.3 is 0 Å². The van der Waals surface area contributed by atoms with Crippen molar-refractivity contribution in [2.75, 3.05) is 6.61 Å². The predicted octanol–water partition coefficient (Wildman–Crippen LogP) is 3.32. The van der Waals surface area contributed by atoms with Crippen LogP contribution in [0.15, 0.2) is 30.5 Å². The lowest BCUT2D eigenvalue weighted by atomic mass is 10.2. The van der Waals surface area contributed by atoms with E-state index in [9.17, 15) is 0 Å². The van der Waals surface area contributed by atoms with Gasteiger partial charge in [0.05, 0.1) is 18.7 Å². The summed E-state index contributed by atoms with van der Waals surface area (Å²) in [6.45, 7) is 4.62. The Morgan fingerprint density at radius 1 is 1.35 bits per heavy atom. The summed E-state index contributed by atoms with van der Waals surface area (Å²) in [7, 11) is 0. The molecule has 0 saturated heterocycles. The fraction of sp³-hybridized carbons (Fsp3) is 0.308. The van der Waals surface area contributed by atoms with Gasteiger partial charge in [-0.3, -0.25) is 0 Å². The smallest absolute Gasteiger partial charge is 0.144 e. The maximum absolute atomic E-state index is 5.85. The third-order valence-corrected chi connectivity index (χ3v) is 2.94. The molecule has 1 aromatic heterocycles. The molecule has 3 nitrogen and oxygen atoms in total. The van der Waals surface area contributed by atoms with Gasteiger partial charge in [0.2, 0.25) is 0 Å². The summed E-state index contributed by atoms with van der Waals surface area (Å²) < 4.78 is 7.46. The number of para-hydroxylation sites is 2. The number of alkyl halides is 1. The van der Waals surface area contributed by atoms with Crippen LogP contribution in [0.4, 0.5) is 0 Å². The SMILES string of the molecule is CCOc1ccccc1-n1ncc(CCl)c1C. The second-order valence-corrected chi connectivity index (χ2v) is 3.97. The average Bonchev–Trinajstić information content (AvgIpc) is 2.72. The normalized spacial score (nSPS) is 10.5. The van der Waals surface area contributed by atoms with E-state index in [0.717, 1.165) is 22.7 Å². The largest absolute Gasteiger partial charge is 0.492 e. The van der Waals surface area contributed by atoms with Crippen molar-refractivity contribution >= 4 is 11.6 Å². The molecule has 0 atom stereocenters. The third-order valence-electron chi connectivity index (χ3n) is 2.65. The molecule has 1 heterocycles. The second kappa shape index (κ2) is 5.23. The van der Waals surface area contributed by atoms with Gasteiger partial charge in [-0.05, 0) is 26.0 Å². The van der Waals surface area contributed by atoms with E-state index < -0.39 is 0 Å². The number of aromatic nitrogens is 2. The standard InChI is InChI=1S/C13H15ClN2O/c1-3-17-13-7-5-4-6-12(13)16-10(2)11(8-14)9-15-16/h4-7,9H,3,8H2,1-2H3. The molecule has 0 aliphatic rings. The number of nitrogens with zero attached hydrogens (tertiary/aromatic N) is 2. The van der Waals surface area contributed by atoms with Crippen molar-refractivity contribution in [1.29, 1.82) is 0 Å². The van der Waals surface area contributed by atoms with Crippen LogP contribution in [0.3, 0.4) is 0 Å². The Morgan fingerprint density at radius 2 is 2.12 bits per heavy atom. The minimum Gasteiger partial charge on any atom is -0.492 e. The number of ether oxygens (including phenoxy) is 1. The van der Waals surface area contributed by atoms with Crippen molar-refractivity contribution in [1.82, 2.24) is 9.78 Å². The molecule has 0 aliphatic heterocycles. The highest BCUT2D eigenvalue weighted by Crippen LogP contribution is 2.24. The number of hydrogen-bond acceptors (Lipinski definition) is 2. The molecular formula is C13H15ClN2O. The average molecular weight is 251 g/mol. The third kappa shape index (κ3) is 2.29. The van der Waals surface area contributed by atoms with E-state index in [0.29, 0.717) is 12.5 Å². The van der Waals surface area contributed by atoms with Gasteiger partial charge in [-0.2, -0.15) is 5.10 Å². The highest BCUT2D eigenvalue weighted by Gasteiger charge is 2.10. The molecule has 0 fully saturated rings. The van der Waals surface area contributed by atoms with Crippen LogP contribution in [0.2, 0.25) is 0 Å². The molecule has 1 aromatic carbocycles. The van der Waals surface area contributed by atoms with Crippen molar-refractivity contribution in [3.8, 4) is 11.4 Å². The fourth-order valence-corrected chi connectivity index (χ4v) is 1.99. The van der Waals surface area contributed by atoms with Gasteiger partial charge in [0, 0.05) is 11.3 Å². The van der Waals surface area contributed by atoms with E-state index in [2.05, 4.69) is 5.10 Å². The lowest BCUT2D eigenvalue weighted by Gasteiger charge is -2.11. The molecular weight excluding hydrogens is 236 g/mol. The first-order valence-electron chi connectivity index (χ1n) is 5.59. The zero-order chi connectivity index (χ0) is 12.3. The van der Waals surface area contributed by atoms with Crippen molar-refractivity contribution in [2.45, 2.75) is 19.7 Å².